The Morgan fingerprint density at radius 1 is 0.500 bits per heavy atom. The number of likely N-dealkylation sites (N-methyl/N-ethyl adjacent to an activating group) is 3. The van der Waals surface area contributed by atoms with Gasteiger partial charge in [-0.1, -0.05) is 42.5 Å². The number of rotatable bonds is 32. The number of carboxylic acid groups (broad SMARTS) is 1. The van der Waals surface area contributed by atoms with Gasteiger partial charge in [-0.05, 0) is 113 Å². The maximum absolute atomic E-state index is 14.0. The third-order valence-corrected chi connectivity index (χ3v) is 17.6. The van der Waals surface area contributed by atoms with Crippen LogP contribution in [0.2, 0.25) is 0 Å². The summed E-state index contributed by atoms with van der Waals surface area (Å²) < 4.78 is 48.9. The van der Waals surface area contributed by atoms with Gasteiger partial charge in [0.1, 0.15) is 80.4 Å². The molecule has 0 atom stereocenters. The summed E-state index contributed by atoms with van der Waals surface area (Å²) in [6.45, 7) is 15.4. The quantitative estimate of drug-likeness (QED) is 0.0117. The average molecular weight is 1340 g/mol. The molecular weight excluding hydrogens is 1250 g/mol. The third kappa shape index (κ3) is 16.3. The zero-order chi connectivity index (χ0) is 69.4. The highest BCUT2D eigenvalue weighted by atomic mass is 16.5. The number of hydrogen-bond donors (Lipinski definition) is 3. The summed E-state index contributed by atoms with van der Waals surface area (Å²) >= 11 is 0. The minimum Gasteiger partial charge on any atom is -0.488 e. The third-order valence-electron chi connectivity index (χ3n) is 17.6. The maximum Gasteiger partial charge on any atom is 0.336 e. The van der Waals surface area contributed by atoms with Gasteiger partial charge >= 0.3 is 23.9 Å². The van der Waals surface area contributed by atoms with Gasteiger partial charge in [0, 0.05) is 104 Å². The van der Waals surface area contributed by atoms with E-state index in [2.05, 4.69) is 38.9 Å². The number of carboxylic acids is 1. The number of aromatic carboxylic acids is 1. The summed E-state index contributed by atoms with van der Waals surface area (Å²) in [5.41, 5.74) is 7.34. The van der Waals surface area contributed by atoms with Gasteiger partial charge in [0.05, 0.1) is 61.6 Å². The van der Waals surface area contributed by atoms with Crippen molar-refractivity contribution in [2.24, 2.45) is 11.8 Å². The number of amides is 2. The highest BCUT2D eigenvalue weighted by molar-refractivity contribution is 6.08. The molecule has 3 aliphatic heterocycles. The van der Waals surface area contributed by atoms with Gasteiger partial charge < -0.3 is 77.8 Å². The standard InChI is InChI=1S/C75H84N8O15/c1-9-78(10-2)59-22-16-18-24-63(59)94-34-36-96-67-38-51(26-32-61(67)80(12-4)47-70(85)92-7)76-73(87)49-42-82(43-49)53-28-30-57-65(40-53)98-66-41-54(29-31-58(66)72(57)55-20-14-15-21-56(55)75(89)90)83-44-50(45-83)74(88)77-52-27-33-62(81(13-5)48-71(86)93-8)68(39-52)97-37-35-95-64-25-19-17-23-60(64)79(11-3)46-69(84)91-6/h14-33,38-41,49-50H,9-13,34-37,42-48H2,1-8H3,(H2-,76,77,87,88,89,90)/p+1. The van der Waals surface area contributed by atoms with E-state index in [0.717, 1.165) is 41.3 Å². The number of para-hydroxylation sites is 4. The SMILES string of the molecule is CCN(CC)c1ccccc1OCCOc1cc(NC(=O)C2CN(c3ccc4c(-c5ccccc5C(=O)O)c5ccc(=[N+]6CC(C(=O)Nc7ccc(N(CC)CC(=O)OC)c(OCCOc8ccccc8N(CC)CC(=O)OC)c7)C6)cc-5oc4c3)C2)ccc1N(CC)CC(=O)OC. The summed E-state index contributed by atoms with van der Waals surface area (Å²) in [4.78, 5) is 87.9. The predicted octanol–water partition coefficient (Wildman–Crippen LogP) is 9.78. The van der Waals surface area contributed by atoms with Crippen molar-refractivity contribution in [1.82, 2.24) is 4.58 Å². The zero-order valence-corrected chi connectivity index (χ0v) is 56.7. The van der Waals surface area contributed by atoms with E-state index in [9.17, 15) is 33.9 Å². The molecule has 23 heteroatoms. The molecule has 2 saturated heterocycles. The van der Waals surface area contributed by atoms with Crippen LogP contribution in [0, 0.1) is 11.8 Å². The molecule has 6 aromatic rings. The number of carbonyl (C=O) groups is 6. The van der Waals surface area contributed by atoms with Crippen molar-refractivity contribution in [1.29, 1.82) is 0 Å². The second-order valence-electron chi connectivity index (χ2n) is 23.5. The summed E-state index contributed by atoms with van der Waals surface area (Å²) in [7, 11) is 4.03. The second-order valence-corrected chi connectivity index (χ2v) is 23.5. The van der Waals surface area contributed by atoms with Crippen LogP contribution < -0.4 is 64.0 Å². The van der Waals surface area contributed by atoms with Crippen molar-refractivity contribution in [2.75, 3.05) is 161 Å². The van der Waals surface area contributed by atoms with E-state index in [1.165, 1.54) is 21.3 Å². The first kappa shape index (κ1) is 69.8. The van der Waals surface area contributed by atoms with Gasteiger partial charge in [-0.3, -0.25) is 24.0 Å². The molecule has 0 radical (unpaired) electrons. The predicted molar refractivity (Wildman–Crippen MR) is 378 cm³/mol. The van der Waals surface area contributed by atoms with Gasteiger partial charge in [0.15, 0.2) is 19.0 Å². The van der Waals surface area contributed by atoms with Crippen LogP contribution in [0.4, 0.5) is 39.8 Å². The molecule has 98 heavy (non-hydrogen) atoms. The number of methoxy groups -OCH3 is 3. The van der Waals surface area contributed by atoms with Crippen molar-refractivity contribution in [3.05, 3.63) is 157 Å². The Hall–Kier alpha value is -11.0. The molecule has 0 aromatic heterocycles. The molecule has 2 fully saturated rings. The van der Waals surface area contributed by atoms with Gasteiger partial charge in [-0.25, -0.2) is 9.37 Å². The highest BCUT2D eigenvalue weighted by Crippen LogP contribution is 2.43. The van der Waals surface area contributed by atoms with Crippen molar-refractivity contribution in [3.8, 4) is 45.4 Å². The topological polar surface area (TPSA) is 244 Å². The number of nitrogens with one attached hydrogen (secondary N) is 2. The van der Waals surface area contributed by atoms with Crippen LogP contribution in [0.1, 0.15) is 45.0 Å². The first-order chi connectivity index (χ1) is 47.6. The van der Waals surface area contributed by atoms with Gasteiger partial charge in [-0.15, -0.1) is 0 Å². The Morgan fingerprint density at radius 2 is 0.959 bits per heavy atom. The Kier molecular flexibility index (Phi) is 23.3. The lowest BCUT2D eigenvalue weighted by atomic mass is 9.90. The van der Waals surface area contributed by atoms with E-state index < -0.39 is 17.9 Å². The van der Waals surface area contributed by atoms with Crippen LogP contribution in [0.3, 0.4) is 0 Å². The van der Waals surface area contributed by atoms with Crippen LogP contribution in [-0.2, 0) is 38.2 Å². The minimum absolute atomic E-state index is 0.00205. The van der Waals surface area contributed by atoms with Crippen molar-refractivity contribution in [2.45, 2.75) is 34.6 Å². The molecule has 10 rings (SSSR count). The summed E-state index contributed by atoms with van der Waals surface area (Å²) in [5, 5.41) is 18.1. The molecular formula is C75H85N8O15+. The van der Waals surface area contributed by atoms with Crippen molar-refractivity contribution < 1.29 is 71.4 Å². The fourth-order valence-electron chi connectivity index (χ4n) is 12.2. The van der Waals surface area contributed by atoms with Gasteiger partial charge in [0.2, 0.25) is 17.2 Å². The molecule has 2 amide bonds. The largest absolute Gasteiger partial charge is 0.488 e. The van der Waals surface area contributed by atoms with Gasteiger partial charge in [0.25, 0.3) is 0 Å². The lowest BCUT2D eigenvalue weighted by Crippen LogP contribution is -2.53. The Morgan fingerprint density at radius 3 is 1.46 bits per heavy atom. The van der Waals surface area contributed by atoms with Crippen LogP contribution in [0.15, 0.2) is 150 Å². The van der Waals surface area contributed by atoms with Crippen molar-refractivity contribution in [3.63, 3.8) is 0 Å². The van der Waals surface area contributed by atoms with Crippen molar-refractivity contribution >= 4 is 86.5 Å². The van der Waals surface area contributed by atoms with E-state index in [-0.39, 0.29) is 81.2 Å². The lowest BCUT2D eigenvalue weighted by Gasteiger charge is -2.40. The van der Waals surface area contributed by atoms with Crippen LogP contribution in [0.25, 0.3) is 33.4 Å². The number of hydrogen-bond acceptors (Lipinski definition) is 19. The molecule has 6 aromatic carbocycles. The molecule has 4 aliphatic rings. The Labute approximate surface area is 569 Å². The first-order valence-corrected chi connectivity index (χ1v) is 33.0. The fraction of sp³-hybridized carbons (Fsp3) is 0.347. The van der Waals surface area contributed by atoms with Crippen LogP contribution in [-0.4, -0.2) is 167 Å². The van der Waals surface area contributed by atoms with Crippen LogP contribution in [0.5, 0.6) is 23.0 Å². The normalized spacial score (nSPS) is 13.3. The number of anilines is 7. The second kappa shape index (κ2) is 32.6. The fourth-order valence-corrected chi connectivity index (χ4v) is 12.2. The van der Waals surface area contributed by atoms with E-state index in [4.69, 9.17) is 37.6 Å². The number of nitrogens with zero attached hydrogens (tertiary/aromatic N) is 6. The highest BCUT2D eigenvalue weighted by Gasteiger charge is 2.39. The summed E-state index contributed by atoms with van der Waals surface area (Å²) in [6, 6.07) is 44.4. The summed E-state index contributed by atoms with van der Waals surface area (Å²) in [5.74, 6) is -0.750. The minimum atomic E-state index is -1.08. The number of benzene rings is 7. The van der Waals surface area contributed by atoms with Gasteiger partial charge in [-0.2, -0.15) is 0 Å². The number of fused-ring (bicyclic) bond motifs is 2. The summed E-state index contributed by atoms with van der Waals surface area (Å²) in [6.07, 6.45) is 0. The Bertz CT molecular complexity index is 4210. The lowest BCUT2D eigenvalue weighted by molar-refractivity contribution is -0.139. The molecule has 3 heterocycles. The van der Waals surface area contributed by atoms with E-state index in [0.29, 0.717) is 119 Å². The average Bonchev–Trinajstić information content (AvgIpc) is 0.740. The van der Waals surface area contributed by atoms with Crippen LogP contribution >= 0.6 is 0 Å². The first-order valence-electron chi connectivity index (χ1n) is 33.0. The molecule has 0 spiro atoms. The molecule has 0 unspecified atom stereocenters. The number of esters is 3. The Balaban J connectivity index is 0.841. The number of carbonyl (C=O) groups excluding carboxylic acids is 5. The van der Waals surface area contributed by atoms with E-state index in [1.54, 1.807) is 48.5 Å². The van der Waals surface area contributed by atoms with E-state index >= 15 is 0 Å². The number of ether oxygens (including phenoxy) is 7. The molecule has 514 valence electrons. The monoisotopic (exact) mass is 1340 g/mol. The molecule has 1 aliphatic carbocycles. The smallest absolute Gasteiger partial charge is 0.336 e. The molecule has 0 bridgehead atoms. The zero-order valence-electron chi connectivity index (χ0n) is 56.7. The molecule has 3 N–H and O–H groups in total. The molecule has 0 saturated carbocycles. The van der Waals surface area contributed by atoms with E-state index in [1.807, 2.05) is 133 Å². The maximum atomic E-state index is 14.0. The molecule has 23 nitrogen and oxygen atoms in total.